The van der Waals surface area contributed by atoms with Gasteiger partial charge >= 0.3 is 0 Å². The van der Waals surface area contributed by atoms with Crippen LogP contribution in [0.25, 0.3) is 11.0 Å². The van der Waals surface area contributed by atoms with Crippen molar-refractivity contribution in [3.8, 4) is 11.5 Å². The number of allylic oxidation sites excluding steroid dienone is 1. The Balaban J connectivity index is 1.25. The molecular formula is C41H50N3O12+. The maximum atomic E-state index is 13.6. The Morgan fingerprint density at radius 1 is 1.14 bits per heavy atom. The van der Waals surface area contributed by atoms with E-state index in [1.807, 2.05) is 19.2 Å². The molecule has 15 nitrogen and oxygen atoms in total. The third-order valence-corrected chi connectivity index (χ3v) is 11.6. The maximum absolute atomic E-state index is 13.6. The number of ether oxygens (including phenoxy) is 1. The molecule has 15 heteroatoms. The van der Waals surface area contributed by atoms with Crippen molar-refractivity contribution in [2.45, 2.75) is 101 Å². The zero-order valence-electron chi connectivity index (χ0n) is 31.6. The molecule has 0 radical (unpaired) electrons. The lowest BCUT2D eigenvalue weighted by Gasteiger charge is -2.43. The van der Waals surface area contributed by atoms with Gasteiger partial charge in [-0.15, -0.1) is 0 Å². The second-order valence-corrected chi connectivity index (χ2v) is 15.7. The molecule has 300 valence electrons. The minimum Gasteiger partial charge on any atom is -0.508 e. The number of aliphatic hydroxyl groups is 5. The maximum Gasteiger partial charge on any atom is 0.222 e. The van der Waals surface area contributed by atoms with Gasteiger partial charge in [0.25, 0.3) is 0 Å². The topological polar surface area (TPSA) is 225 Å². The summed E-state index contributed by atoms with van der Waals surface area (Å²) in [6.07, 6.45) is 1.24. The number of fused-ring (bicyclic) bond motifs is 3. The molecule has 0 spiro atoms. The Morgan fingerprint density at radius 3 is 2.61 bits per heavy atom. The van der Waals surface area contributed by atoms with Gasteiger partial charge in [-0.3, -0.25) is 19.5 Å². The highest BCUT2D eigenvalue weighted by molar-refractivity contribution is 5.90. The van der Waals surface area contributed by atoms with Gasteiger partial charge in [-0.1, -0.05) is 19.1 Å². The Bertz CT molecular complexity index is 2110. The van der Waals surface area contributed by atoms with Crippen LogP contribution in [0.4, 0.5) is 5.69 Å². The summed E-state index contributed by atoms with van der Waals surface area (Å²) in [4.78, 5) is 43.1. The number of aryl methyl sites for hydroxylation is 1. The van der Waals surface area contributed by atoms with E-state index >= 15 is 0 Å². The van der Waals surface area contributed by atoms with Crippen LogP contribution < -0.4 is 20.4 Å². The quantitative estimate of drug-likeness (QED) is 0.0798. The van der Waals surface area contributed by atoms with Gasteiger partial charge in [0, 0.05) is 55.6 Å². The lowest BCUT2D eigenvalue weighted by Crippen LogP contribution is -3.05. The van der Waals surface area contributed by atoms with E-state index in [2.05, 4.69) is 17.2 Å². The fourth-order valence-electron chi connectivity index (χ4n) is 8.34. The number of aromatic hydroxyl groups is 1. The highest BCUT2D eigenvalue weighted by atomic mass is 17.2. The van der Waals surface area contributed by atoms with Crippen LogP contribution in [0, 0.1) is 12.8 Å². The van der Waals surface area contributed by atoms with Crippen molar-refractivity contribution in [1.82, 2.24) is 5.32 Å². The number of carbonyl (C=O) groups excluding carboxylic acids is 1. The number of rotatable bonds is 15. The van der Waals surface area contributed by atoms with Gasteiger partial charge in [0.15, 0.2) is 11.2 Å². The summed E-state index contributed by atoms with van der Waals surface area (Å²) in [6, 6.07) is 8.99. The van der Waals surface area contributed by atoms with E-state index in [1.165, 1.54) is 30.3 Å². The van der Waals surface area contributed by atoms with Crippen LogP contribution in [0.3, 0.4) is 0 Å². The third-order valence-electron chi connectivity index (χ3n) is 11.6. The second kappa shape index (κ2) is 15.8. The summed E-state index contributed by atoms with van der Waals surface area (Å²) in [7, 11) is 0. The number of benzene rings is 2. The molecule has 9 atom stereocenters. The fourth-order valence-corrected chi connectivity index (χ4v) is 8.34. The van der Waals surface area contributed by atoms with Gasteiger partial charge in [-0.2, -0.15) is 0 Å². The van der Waals surface area contributed by atoms with Gasteiger partial charge < -0.3 is 45.1 Å². The van der Waals surface area contributed by atoms with E-state index in [-0.39, 0.29) is 41.9 Å². The molecule has 56 heavy (non-hydrogen) atoms. The summed E-state index contributed by atoms with van der Waals surface area (Å²) >= 11 is 0. The zero-order valence-corrected chi connectivity index (χ0v) is 31.6. The van der Waals surface area contributed by atoms with Crippen LogP contribution >= 0.6 is 0 Å². The van der Waals surface area contributed by atoms with Crippen LogP contribution in [0.1, 0.15) is 56.4 Å². The number of phenolic OH excluding ortho intramolecular Hbond substituents is 1. The van der Waals surface area contributed by atoms with E-state index in [0.717, 1.165) is 22.6 Å². The molecule has 1 amide bonds. The molecule has 7 rings (SSSR count). The molecular weight excluding hydrogens is 726 g/mol. The summed E-state index contributed by atoms with van der Waals surface area (Å²) in [5.41, 5.74) is 0.521. The minimum absolute atomic E-state index is 0.0201. The molecule has 4 aliphatic rings. The highest BCUT2D eigenvalue weighted by Crippen LogP contribution is 2.45. The Labute approximate surface area is 323 Å². The molecule has 2 aromatic carbocycles. The van der Waals surface area contributed by atoms with Crippen LogP contribution in [-0.4, -0.2) is 104 Å². The summed E-state index contributed by atoms with van der Waals surface area (Å²) in [5, 5.41) is 66.3. The number of nitrogens with zero attached hydrogens (tertiary/aromatic N) is 1. The van der Waals surface area contributed by atoms with E-state index in [0.29, 0.717) is 65.1 Å². The molecule has 0 bridgehead atoms. The highest BCUT2D eigenvalue weighted by Gasteiger charge is 2.49. The largest absolute Gasteiger partial charge is 0.508 e. The van der Waals surface area contributed by atoms with E-state index in [1.54, 1.807) is 19.2 Å². The average molecular weight is 777 g/mol. The minimum atomic E-state index is -2.26. The molecule has 5 heterocycles. The van der Waals surface area contributed by atoms with Gasteiger partial charge in [-0.05, 0) is 62.4 Å². The van der Waals surface area contributed by atoms with Gasteiger partial charge in [0.2, 0.25) is 17.2 Å². The predicted molar refractivity (Wildman–Crippen MR) is 202 cm³/mol. The molecule has 3 aromatic rings. The first-order chi connectivity index (χ1) is 26.7. The van der Waals surface area contributed by atoms with Crippen molar-refractivity contribution in [3.63, 3.8) is 0 Å². The molecule has 1 fully saturated rings. The predicted octanol–water partition coefficient (Wildman–Crippen LogP) is 0.943. The van der Waals surface area contributed by atoms with Crippen LogP contribution in [-0.2, 0) is 27.4 Å². The first-order valence-corrected chi connectivity index (χ1v) is 19.1. The van der Waals surface area contributed by atoms with Crippen LogP contribution in [0.5, 0.6) is 11.5 Å². The average Bonchev–Trinajstić information content (AvgIpc) is 3.90. The number of hydrogen-bond donors (Lipinski definition) is 8. The lowest BCUT2D eigenvalue weighted by molar-refractivity contribution is -0.793. The number of carbonyl (C=O) groups is 1. The van der Waals surface area contributed by atoms with Gasteiger partial charge in [0.1, 0.15) is 71.7 Å². The Kier molecular flexibility index (Phi) is 11.2. The van der Waals surface area contributed by atoms with Crippen molar-refractivity contribution in [1.29, 1.82) is 0 Å². The number of aliphatic hydroxyl groups excluding tert-OH is 4. The lowest BCUT2D eigenvalue weighted by atomic mass is 9.83. The van der Waals surface area contributed by atoms with E-state index in [9.17, 15) is 40.2 Å². The van der Waals surface area contributed by atoms with Crippen molar-refractivity contribution in [2.75, 3.05) is 19.8 Å². The molecule has 1 saturated heterocycles. The zero-order chi connectivity index (χ0) is 39.9. The van der Waals surface area contributed by atoms with Gasteiger partial charge in [-0.25, -0.2) is 9.78 Å². The molecule has 2 unspecified atom stereocenters. The number of phenols is 1. The number of amides is 1. The number of aliphatic imine (C=N–C) groups is 1. The molecule has 8 N–H and O–H groups in total. The van der Waals surface area contributed by atoms with E-state index in [4.69, 9.17) is 18.9 Å². The van der Waals surface area contributed by atoms with Crippen molar-refractivity contribution < 1.29 is 59.3 Å². The van der Waals surface area contributed by atoms with Crippen LogP contribution in [0.15, 0.2) is 74.1 Å². The third kappa shape index (κ3) is 7.65. The number of nitrogens with one attached hydrogen (secondary N) is 2. The van der Waals surface area contributed by atoms with Gasteiger partial charge in [0.05, 0.1) is 12.0 Å². The van der Waals surface area contributed by atoms with Crippen molar-refractivity contribution >= 4 is 28.8 Å². The second-order valence-electron chi connectivity index (χ2n) is 15.7. The first kappa shape index (κ1) is 39.8. The van der Waals surface area contributed by atoms with Crippen LogP contribution in [0.2, 0.25) is 0 Å². The molecule has 0 saturated carbocycles. The molecule has 4 aliphatic heterocycles. The fraction of sp³-hybridized carbons (Fsp3) is 0.488. The smallest absolute Gasteiger partial charge is 0.222 e. The molecule has 1 aromatic heterocycles. The Morgan fingerprint density at radius 2 is 1.91 bits per heavy atom. The molecule has 0 aliphatic carbocycles. The first-order valence-electron chi connectivity index (χ1n) is 19.1. The number of hydrogen-bond acceptors (Lipinski definition) is 13. The Hall–Kier alpha value is -4.45. The monoisotopic (exact) mass is 776 g/mol. The van der Waals surface area contributed by atoms with Crippen molar-refractivity contribution in [3.05, 3.63) is 87.1 Å². The standard InChI is InChI=1S/C41H49N3O12/c1-4-30-27-10-12-42-29(27)19-44(30)35-37-25(15-28-31(47)13-22(2)54-38(28)35)16-33(40(3,55-37)11-9-24-14-34(49)43-18-24)56-53-21-41(52,39(51)36(50)32(48)20-45)17-23-5-7-26(46)8-6-23/h5-8,10,12-13,15,19,24,30,32-33,36,39,45-46,48,50-52H,4,9,11,14,16-18,20-21H2,1-3H3,(H,43,49)/p+1/t24-,30?,32+,33+,36+,39-,40+,41-/m0/s1. The van der Waals surface area contributed by atoms with Crippen molar-refractivity contribution in [2.24, 2.45) is 10.9 Å². The summed E-state index contributed by atoms with van der Waals surface area (Å²) < 4.78 is 13.4. The SMILES string of the molecule is CCC1C2=CC=NC2=C[NH+]1c1c2c(cc3c(=O)cc(C)oc13)C[C@@H](OOC[C@@](O)(Cc1ccc(O)cc1)[C@@H](O)[C@H](O)[C@H](O)CO)[C@@](C)(CC[C@@H]1CNC(=O)C1)O2. The van der Waals surface area contributed by atoms with E-state index < -0.39 is 48.8 Å². The summed E-state index contributed by atoms with van der Waals surface area (Å²) in [6.45, 7) is 4.65. The normalized spacial score (nSPS) is 26.8. The summed E-state index contributed by atoms with van der Waals surface area (Å²) in [5.74, 6) is 0.989. The number of quaternary nitrogens is 1.